The Labute approximate surface area is 123 Å². The van der Waals surface area contributed by atoms with Crippen LogP contribution in [0.5, 0.6) is 0 Å². The van der Waals surface area contributed by atoms with Gasteiger partial charge >= 0.3 is 5.97 Å². The van der Waals surface area contributed by atoms with E-state index in [0.717, 1.165) is 6.42 Å². The molecular weight excluding hydrogens is 278 g/mol. The van der Waals surface area contributed by atoms with Gasteiger partial charge in [-0.2, -0.15) is 0 Å². The standard InChI is InChI=1S/C6H15N3O2.C3H3N3.C2H7NO/c1-2-3-4(7)6(8,9)5(10)11;1-2-4-6-5-3-1;3-1-2-4/h4H,2-3,7-9H2,1H3,(H,10,11);1-3H;4H,1-3H2. The van der Waals surface area contributed by atoms with Crippen molar-refractivity contribution in [2.75, 3.05) is 13.2 Å². The molecule has 10 heteroatoms. The zero-order valence-corrected chi connectivity index (χ0v) is 12.1. The van der Waals surface area contributed by atoms with Crippen LogP contribution in [0.4, 0.5) is 0 Å². The fraction of sp³-hybridized carbons (Fsp3) is 0.636. The third-order valence-corrected chi connectivity index (χ3v) is 2.12. The Bertz CT molecular complexity index is 322. The fourth-order valence-corrected chi connectivity index (χ4v) is 0.913. The molecule has 1 unspecified atom stereocenters. The van der Waals surface area contributed by atoms with E-state index in [9.17, 15) is 4.79 Å². The highest BCUT2D eigenvalue weighted by atomic mass is 16.4. The number of aromatic nitrogens is 3. The quantitative estimate of drug-likeness (QED) is 0.319. The number of carboxylic acid groups (broad SMARTS) is 1. The molecule has 122 valence electrons. The van der Waals surface area contributed by atoms with Crippen LogP contribution in [0.15, 0.2) is 18.5 Å². The topological polar surface area (TPSA) is 200 Å². The van der Waals surface area contributed by atoms with E-state index in [0.29, 0.717) is 13.0 Å². The maximum Gasteiger partial charge on any atom is 0.340 e. The number of carbonyl (C=O) groups is 1. The highest BCUT2D eigenvalue weighted by Gasteiger charge is 2.35. The van der Waals surface area contributed by atoms with E-state index in [4.69, 9.17) is 33.1 Å². The number of carboxylic acids is 1. The highest BCUT2D eigenvalue weighted by molar-refractivity contribution is 5.78. The summed E-state index contributed by atoms with van der Waals surface area (Å²) in [5.74, 6) is -1.27. The Balaban J connectivity index is 0. The summed E-state index contributed by atoms with van der Waals surface area (Å²) in [5.41, 5.74) is 18.9. The molecule has 0 spiro atoms. The predicted molar refractivity (Wildman–Crippen MR) is 77.6 cm³/mol. The first-order valence-corrected chi connectivity index (χ1v) is 6.30. The second-order valence-electron chi connectivity index (χ2n) is 3.96. The van der Waals surface area contributed by atoms with Gasteiger partial charge in [-0.25, -0.2) is 4.79 Å². The van der Waals surface area contributed by atoms with Crippen LogP contribution in [-0.2, 0) is 4.79 Å². The number of aliphatic carboxylic acids is 1. The Kier molecular flexibility index (Phi) is 13.6. The largest absolute Gasteiger partial charge is 0.479 e. The smallest absolute Gasteiger partial charge is 0.340 e. The average molecular weight is 303 g/mol. The summed E-state index contributed by atoms with van der Waals surface area (Å²) >= 11 is 0. The zero-order valence-electron chi connectivity index (χ0n) is 12.1. The minimum Gasteiger partial charge on any atom is -0.479 e. The fourth-order valence-electron chi connectivity index (χ4n) is 0.913. The van der Waals surface area contributed by atoms with Crippen LogP contribution in [0, 0.1) is 0 Å². The van der Waals surface area contributed by atoms with E-state index in [-0.39, 0.29) is 6.61 Å². The van der Waals surface area contributed by atoms with E-state index >= 15 is 0 Å². The summed E-state index contributed by atoms with van der Waals surface area (Å²) in [7, 11) is 0. The van der Waals surface area contributed by atoms with Crippen molar-refractivity contribution >= 4 is 5.97 Å². The monoisotopic (exact) mass is 303 g/mol. The summed E-state index contributed by atoms with van der Waals surface area (Å²) in [5, 5.41) is 26.4. The van der Waals surface area contributed by atoms with Crippen LogP contribution in [-0.4, -0.2) is 56.4 Å². The summed E-state index contributed by atoms with van der Waals surface area (Å²) in [6, 6.07) is 1.03. The molecule has 0 bridgehead atoms. The first-order chi connectivity index (χ1) is 9.84. The maximum atomic E-state index is 10.4. The van der Waals surface area contributed by atoms with Gasteiger partial charge in [0.1, 0.15) is 0 Å². The number of hydrogen-bond acceptors (Lipinski definition) is 9. The average Bonchev–Trinajstić information content (AvgIpc) is 2.50. The molecule has 0 amide bonds. The van der Waals surface area contributed by atoms with Gasteiger partial charge < -0.3 is 33.1 Å². The van der Waals surface area contributed by atoms with Gasteiger partial charge in [-0.1, -0.05) is 13.3 Å². The van der Waals surface area contributed by atoms with Crippen LogP contribution in [0.2, 0.25) is 0 Å². The molecule has 0 aliphatic rings. The SMILES string of the molecule is CCCC(N)C(N)(N)C(=O)O.NCCO.c1cnnnc1. The number of hydrogen-bond donors (Lipinski definition) is 6. The number of nitrogens with zero attached hydrogens (tertiary/aromatic N) is 3. The van der Waals surface area contributed by atoms with Crippen LogP contribution in [0.25, 0.3) is 0 Å². The van der Waals surface area contributed by atoms with Gasteiger partial charge in [-0.15, -0.1) is 10.2 Å². The van der Waals surface area contributed by atoms with Gasteiger partial charge in [0.25, 0.3) is 0 Å². The lowest BCUT2D eigenvalue weighted by Gasteiger charge is -2.25. The molecule has 21 heavy (non-hydrogen) atoms. The number of rotatable bonds is 5. The molecule has 10 nitrogen and oxygen atoms in total. The van der Waals surface area contributed by atoms with Crippen LogP contribution < -0.4 is 22.9 Å². The van der Waals surface area contributed by atoms with Crippen molar-refractivity contribution in [3.8, 4) is 0 Å². The molecule has 1 atom stereocenters. The first-order valence-electron chi connectivity index (χ1n) is 6.30. The molecular formula is C11H25N7O3. The van der Waals surface area contributed by atoms with Crippen molar-refractivity contribution in [1.29, 1.82) is 0 Å². The maximum absolute atomic E-state index is 10.4. The van der Waals surface area contributed by atoms with Gasteiger partial charge in [0.2, 0.25) is 0 Å². The number of aliphatic hydroxyl groups is 1. The molecule has 1 aromatic heterocycles. The van der Waals surface area contributed by atoms with E-state index < -0.39 is 17.7 Å². The Hall–Kier alpha value is -1.72. The normalized spacial score (nSPS) is 11.3. The predicted octanol–water partition coefficient (Wildman–Crippen LogP) is -2.38. The Morgan fingerprint density at radius 3 is 2.00 bits per heavy atom. The molecule has 10 N–H and O–H groups in total. The summed E-state index contributed by atoms with van der Waals surface area (Å²) in [6.07, 6.45) is 4.43. The van der Waals surface area contributed by atoms with Gasteiger partial charge in [0.15, 0.2) is 5.66 Å². The van der Waals surface area contributed by atoms with Crippen LogP contribution >= 0.6 is 0 Å². The molecule has 0 fully saturated rings. The number of aliphatic hydroxyl groups excluding tert-OH is 1. The van der Waals surface area contributed by atoms with Crippen LogP contribution in [0.1, 0.15) is 19.8 Å². The molecule has 0 aromatic carbocycles. The molecule has 1 heterocycles. The van der Waals surface area contributed by atoms with Gasteiger partial charge in [-0.05, 0) is 17.7 Å². The number of nitrogens with two attached hydrogens (primary N) is 4. The Morgan fingerprint density at radius 2 is 1.81 bits per heavy atom. The van der Waals surface area contributed by atoms with Crippen molar-refractivity contribution in [2.24, 2.45) is 22.9 Å². The summed E-state index contributed by atoms with van der Waals surface area (Å²) in [4.78, 5) is 10.4. The van der Waals surface area contributed by atoms with Crippen LogP contribution in [0.3, 0.4) is 0 Å². The minimum absolute atomic E-state index is 0.0972. The molecule has 0 radical (unpaired) electrons. The zero-order chi connectivity index (χ0) is 16.7. The lowest BCUT2D eigenvalue weighted by Crippen LogP contribution is -2.67. The lowest BCUT2D eigenvalue weighted by molar-refractivity contribution is -0.144. The Morgan fingerprint density at radius 1 is 1.33 bits per heavy atom. The van der Waals surface area contributed by atoms with Crippen molar-refractivity contribution < 1.29 is 15.0 Å². The molecule has 0 saturated carbocycles. The van der Waals surface area contributed by atoms with Crippen molar-refractivity contribution in [3.05, 3.63) is 18.5 Å². The minimum atomic E-state index is -1.80. The van der Waals surface area contributed by atoms with E-state index in [1.807, 2.05) is 6.92 Å². The second kappa shape index (κ2) is 13.3. The third kappa shape index (κ3) is 11.8. The summed E-state index contributed by atoms with van der Waals surface area (Å²) < 4.78 is 0. The molecule has 1 aromatic rings. The van der Waals surface area contributed by atoms with Gasteiger partial charge in [-0.3, -0.25) is 0 Å². The molecule has 0 aliphatic carbocycles. The van der Waals surface area contributed by atoms with Crippen molar-refractivity contribution in [2.45, 2.75) is 31.5 Å². The van der Waals surface area contributed by atoms with E-state index in [2.05, 4.69) is 15.4 Å². The van der Waals surface area contributed by atoms with E-state index in [1.54, 1.807) is 18.5 Å². The molecule has 1 rings (SSSR count). The molecule has 0 saturated heterocycles. The highest BCUT2D eigenvalue weighted by Crippen LogP contribution is 2.03. The second-order valence-corrected chi connectivity index (χ2v) is 3.96. The van der Waals surface area contributed by atoms with Crippen molar-refractivity contribution in [1.82, 2.24) is 15.4 Å². The van der Waals surface area contributed by atoms with Crippen molar-refractivity contribution in [3.63, 3.8) is 0 Å². The lowest BCUT2D eigenvalue weighted by atomic mass is 9.99. The molecule has 0 aliphatic heterocycles. The van der Waals surface area contributed by atoms with Gasteiger partial charge in [0.05, 0.1) is 19.0 Å². The van der Waals surface area contributed by atoms with E-state index in [1.165, 1.54) is 0 Å². The third-order valence-electron chi connectivity index (χ3n) is 2.12. The first kappa shape index (κ1) is 21.6. The van der Waals surface area contributed by atoms with Gasteiger partial charge in [0, 0.05) is 12.6 Å². The summed E-state index contributed by atoms with van der Waals surface area (Å²) in [6.45, 7) is 2.36.